The van der Waals surface area contributed by atoms with Gasteiger partial charge in [-0.25, -0.2) is 4.98 Å². The molecule has 2 heterocycles. The van der Waals surface area contributed by atoms with Crippen LogP contribution in [-0.2, 0) is 5.33 Å². The Bertz CT molecular complexity index is 1200. The average Bonchev–Trinajstić information content (AvgIpc) is 2.99. The van der Waals surface area contributed by atoms with Gasteiger partial charge in [-0.05, 0) is 29.8 Å². The number of H-pyrrole nitrogens is 2. The second-order valence-corrected chi connectivity index (χ2v) is 6.11. The first kappa shape index (κ1) is 15.5. The molecule has 2 aromatic carbocycles. The van der Waals surface area contributed by atoms with E-state index in [0.717, 1.165) is 5.56 Å². The maximum absolute atomic E-state index is 12.4. The second-order valence-electron chi connectivity index (χ2n) is 5.55. The largest absolute Gasteiger partial charge is 0.347 e. The van der Waals surface area contributed by atoms with Crippen LogP contribution in [0.3, 0.4) is 0 Å². The number of halogens is 1. The van der Waals surface area contributed by atoms with E-state index in [1.807, 2.05) is 6.07 Å². The molecule has 0 fully saturated rings. The van der Waals surface area contributed by atoms with Crippen LogP contribution in [0.25, 0.3) is 33.3 Å². The molecular formula is C17H11BrN4O3. The van der Waals surface area contributed by atoms with Crippen molar-refractivity contribution in [3.63, 3.8) is 0 Å². The summed E-state index contributed by atoms with van der Waals surface area (Å²) in [5.41, 5.74) is 2.12. The number of aromatic amines is 2. The number of para-hydroxylation sites is 2. The molecule has 7 nitrogen and oxygen atoms in total. The molecule has 2 aromatic heterocycles. The van der Waals surface area contributed by atoms with E-state index in [1.54, 1.807) is 36.4 Å². The van der Waals surface area contributed by atoms with Gasteiger partial charge in [0.1, 0.15) is 5.69 Å². The third-order valence-electron chi connectivity index (χ3n) is 4.01. The molecule has 0 amide bonds. The van der Waals surface area contributed by atoms with Gasteiger partial charge in [-0.3, -0.25) is 14.9 Å². The van der Waals surface area contributed by atoms with E-state index >= 15 is 0 Å². The minimum absolute atomic E-state index is 0.00184. The molecule has 0 saturated carbocycles. The molecule has 0 bridgehead atoms. The lowest BCUT2D eigenvalue weighted by molar-refractivity contribution is -0.382. The van der Waals surface area contributed by atoms with Crippen molar-refractivity contribution < 1.29 is 4.92 Å². The molecule has 0 aliphatic carbocycles. The summed E-state index contributed by atoms with van der Waals surface area (Å²) < 4.78 is 0. The molecule has 2 N–H and O–H groups in total. The summed E-state index contributed by atoms with van der Waals surface area (Å²) in [5.74, 6) is 0. The Balaban J connectivity index is 2.07. The normalized spacial score (nSPS) is 11.2. The highest BCUT2D eigenvalue weighted by molar-refractivity contribution is 9.08. The fourth-order valence-electron chi connectivity index (χ4n) is 2.87. The number of fused-ring (bicyclic) bond motifs is 2. The number of rotatable bonds is 3. The van der Waals surface area contributed by atoms with Gasteiger partial charge in [-0.15, -0.1) is 0 Å². The molecule has 0 saturated heterocycles. The first-order valence-electron chi connectivity index (χ1n) is 7.43. The molecule has 0 atom stereocenters. The van der Waals surface area contributed by atoms with Gasteiger partial charge < -0.3 is 9.97 Å². The van der Waals surface area contributed by atoms with Crippen molar-refractivity contribution in [3.05, 3.63) is 68.5 Å². The van der Waals surface area contributed by atoms with Crippen molar-refractivity contribution in [2.45, 2.75) is 5.33 Å². The highest BCUT2D eigenvalue weighted by atomic mass is 79.9. The van der Waals surface area contributed by atoms with Crippen LogP contribution in [0.1, 0.15) is 5.56 Å². The summed E-state index contributed by atoms with van der Waals surface area (Å²) in [6.45, 7) is 0. The molecule has 124 valence electrons. The number of aromatic nitrogens is 3. The first-order valence-corrected chi connectivity index (χ1v) is 8.55. The maximum Gasteiger partial charge on any atom is 0.304 e. The van der Waals surface area contributed by atoms with E-state index in [0.29, 0.717) is 27.3 Å². The van der Waals surface area contributed by atoms with Crippen LogP contribution in [0.5, 0.6) is 0 Å². The summed E-state index contributed by atoms with van der Waals surface area (Å²) in [7, 11) is 0. The van der Waals surface area contributed by atoms with Crippen LogP contribution in [0.4, 0.5) is 5.69 Å². The van der Waals surface area contributed by atoms with Gasteiger partial charge in [-0.2, -0.15) is 0 Å². The van der Waals surface area contributed by atoms with Crippen LogP contribution >= 0.6 is 15.9 Å². The molecule has 4 aromatic rings. The van der Waals surface area contributed by atoms with Crippen molar-refractivity contribution in [2.24, 2.45) is 0 Å². The monoisotopic (exact) mass is 398 g/mol. The van der Waals surface area contributed by atoms with Crippen LogP contribution in [0.15, 0.2) is 47.3 Å². The minimum atomic E-state index is -0.484. The number of alkyl halides is 1. The molecule has 0 aliphatic heterocycles. The first-order chi connectivity index (χ1) is 12.1. The van der Waals surface area contributed by atoms with Crippen LogP contribution in [0, 0.1) is 10.1 Å². The van der Waals surface area contributed by atoms with Gasteiger partial charge in [-0.1, -0.05) is 34.1 Å². The zero-order chi connectivity index (χ0) is 17.6. The summed E-state index contributed by atoms with van der Waals surface area (Å²) in [6.07, 6.45) is 0. The zero-order valence-electron chi connectivity index (χ0n) is 12.7. The molecule has 0 unspecified atom stereocenters. The number of nitrogens with one attached hydrogen (secondary N) is 2. The van der Waals surface area contributed by atoms with Gasteiger partial charge in [0.2, 0.25) is 0 Å². The van der Waals surface area contributed by atoms with Crippen molar-refractivity contribution in [2.75, 3.05) is 0 Å². The predicted octanol–water partition coefficient (Wildman–Crippen LogP) is 3.87. The van der Waals surface area contributed by atoms with Gasteiger partial charge >= 0.3 is 5.69 Å². The Labute approximate surface area is 149 Å². The van der Waals surface area contributed by atoms with Gasteiger partial charge in [0, 0.05) is 5.33 Å². The Hall–Kier alpha value is -3.00. The fourth-order valence-corrected chi connectivity index (χ4v) is 3.22. The van der Waals surface area contributed by atoms with Gasteiger partial charge in [0.05, 0.1) is 26.9 Å². The van der Waals surface area contributed by atoms with Crippen LogP contribution in [0.2, 0.25) is 0 Å². The lowest BCUT2D eigenvalue weighted by atomic mass is 10.1. The number of nitrogens with zero attached hydrogens (tertiary/aromatic N) is 2. The van der Waals surface area contributed by atoms with Crippen molar-refractivity contribution in [3.8, 4) is 11.4 Å². The summed E-state index contributed by atoms with van der Waals surface area (Å²) in [4.78, 5) is 33.7. The Morgan fingerprint density at radius 3 is 2.68 bits per heavy atom. The van der Waals surface area contributed by atoms with Crippen LogP contribution < -0.4 is 5.56 Å². The molecule has 8 heteroatoms. The minimum Gasteiger partial charge on any atom is -0.347 e. The summed E-state index contributed by atoms with van der Waals surface area (Å²) in [6, 6.07) is 12.4. The number of benzene rings is 2. The Kier molecular flexibility index (Phi) is 3.61. The topological polar surface area (TPSA) is 105 Å². The lowest BCUT2D eigenvalue weighted by Gasteiger charge is -2.01. The van der Waals surface area contributed by atoms with Crippen molar-refractivity contribution >= 4 is 43.6 Å². The maximum atomic E-state index is 12.4. The molecule has 0 radical (unpaired) electrons. The van der Waals surface area contributed by atoms with Gasteiger partial charge in [0.25, 0.3) is 5.56 Å². The van der Waals surface area contributed by atoms with Crippen molar-refractivity contribution in [1.82, 2.24) is 15.0 Å². The number of nitro groups is 1. The van der Waals surface area contributed by atoms with E-state index in [4.69, 9.17) is 0 Å². The van der Waals surface area contributed by atoms with E-state index in [2.05, 4.69) is 30.9 Å². The van der Waals surface area contributed by atoms with Crippen molar-refractivity contribution in [1.29, 1.82) is 0 Å². The quantitative estimate of drug-likeness (QED) is 0.310. The molecule has 4 rings (SSSR count). The fraction of sp³-hybridized carbons (Fsp3) is 0.0588. The molecule has 25 heavy (non-hydrogen) atoms. The lowest BCUT2D eigenvalue weighted by Crippen LogP contribution is -2.12. The summed E-state index contributed by atoms with van der Waals surface area (Å²) >= 11 is 3.35. The SMILES string of the molecule is O=c1[nH]c2ccccc2nc1-c1[nH]c2ccc(CBr)cc2c1[N+](=O)[O-]. The highest BCUT2D eigenvalue weighted by Crippen LogP contribution is 2.35. The van der Waals surface area contributed by atoms with Gasteiger partial charge in [0.15, 0.2) is 5.69 Å². The smallest absolute Gasteiger partial charge is 0.304 e. The van der Waals surface area contributed by atoms with Crippen LogP contribution in [-0.4, -0.2) is 19.9 Å². The standard InChI is InChI=1S/C17H11BrN4O3/c18-8-9-5-6-11-10(7-9)16(22(24)25)14(19-11)15-17(23)21-13-4-2-1-3-12(13)20-15/h1-7,19H,8H2,(H,21,23). The predicted molar refractivity (Wildman–Crippen MR) is 98.9 cm³/mol. The average molecular weight is 399 g/mol. The van der Waals surface area contributed by atoms with E-state index in [9.17, 15) is 14.9 Å². The third kappa shape index (κ3) is 2.51. The van der Waals surface area contributed by atoms with E-state index < -0.39 is 10.5 Å². The molecule has 0 spiro atoms. The summed E-state index contributed by atoms with van der Waals surface area (Å²) in [5, 5.41) is 12.7. The number of hydrogen-bond donors (Lipinski definition) is 2. The highest BCUT2D eigenvalue weighted by Gasteiger charge is 2.26. The zero-order valence-corrected chi connectivity index (χ0v) is 14.3. The number of hydrogen-bond acceptors (Lipinski definition) is 4. The van der Waals surface area contributed by atoms with E-state index in [-0.39, 0.29) is 17.1 Å². The third-order valence-corrected chi connectivity index (χ3v) is 4.66. The molecule has 0 aliphatic rings. The Morgan fingerprint density at radius 2 is 1.92 bits per heavy atom. The molecular weight excluding hydrogens is 388 g/mol. The Morgan fingerprint density at radius 1 is 1.12 bits per heavy atom. The second kappa shape index (κ2) is 5.82. The van der Waals surface area contributed by atoms with E-state index in [1.165, 1.54) is 0 Å².